The molecule has 1 aromatic carbocycles. The topological polar surface area (TPSA) is 80.4 Å². The third-order valence-corrected chi connectivity index (χ3v) is 4.80. The first-order chi connectivity index (χ1) is 11.1. The maximum atomic E-state index is 10.7. The van der Waals surface area contributed by atoms with Crippen LogP contribution in [0.1, 0.15) is 11.8 Å². The van der Waals surface area contributed by atoms with Crippen molar-refractivity contribution >= 4 is 39.2 Å². The molecule has 23 heavy (non-hydrogen) atoms. The minimum absolute atomic E-state index is 0.0681. The van der Waals surface area contributed by atoms with Crippen LogP contribution in [0.4, 0.5) is 10.8 Å². The number of nitro benzene ring substituents is 1. The van der Waals surface area contributed by atoms with Crippen molar-refractivity contribution in [2.45, 2.75) is 6.92 Å². The van der Waals surface area contributed by atoms with E-state index in [1.165, 1.54) is 23.5 Å². The van der Waals surface area contributed by atoms with Crippen LogP contribution in [0.3, 0.4) is 0 Å². The van der Waals surface area contributed by atoms with Gasteiger partial charge in [0.15, 0.2) is 0 Å². The number of thiophene rings is 1. The van der Waals surface area contributed by atoms with Gasteiger partial charge in [0.2, 0.25) is 5.13 Å². The molecule has 0 amide bonds. The molecule has 0 aliphatic carbocycles. The molecule has 0 spiro atoms. The lowest BCUT2D eigenvalue weighted by molar-refractivity contribution is -0.384. The molecule has 2 heterocycles. The summed E-state index contributed by atoms with van der Waals surface area (Å²) >= 11 is 3.06. The third kappa shape index (κ3) is 3.61. The van der Waals surface area contributed by atoms with Crippen molar-refractivity contribution < 1.29 is 4.92 Å². The van der Waals surface area contributed by atoms with Crippen molar-refractivity contribution in [3.8, 4) is 11.3 Å². The van der Waals surface area contributed by atoms with Crippen molar-refractivity contribution in [3.05, 3.63) is 62.1 Å². The zero-order valence-electron chi connectivity index (χ0n) is 12.1. The van der Waals surface area contributed by atoms with Crippen LogP contribution in [0.25, 0.3) is 11.3 Å². The number of rotatable bonds is 5. The van der Waals surface area contributed by atoms with E-state index in [0.717, 1.165) is 21.8 Å². The quantitative estimate of drug-likeness (QED) is 0.416. The van der Waals surface area contributed by atoms with Gasteiger partial charge in [0.05, 0.1) is 16.3 Å². The Morgan fingerprint density at radius 3 is 2.70 bits per heavy atom. The van der Waals surface area contributed by atoms with Crippen LogP contribution in [0.5, 0.6) is 0 Å². The fourth-order valence-electron chi connectivity index (χ4n) is 1.88. The molecule has 0 aliphatic rings. The van der Waals surface area contributed by atoms with Gasteiger partial charge in [-0.1, -0.05) is 6.07 Å². The smallest absolute Gasteiger partial charge is 0.258 e. The summed E-state index contributed by atoms with van der Waals surface area (Å²) in [4.78, 5) is 15.8. The molecule has 0 saturated carbocycles. The Morgan fingerprint density at radius 1 is 1.26 bits per heavy atom. The van der Waals surface area contributed by atoms with Crippen LogP contribution in [0.15, 0.2) is 52.3 Å². The lowest BCUT2D eigenvalue weighted by atomic mass is 10.1. The fourth-order valence-corrected chi connectivity index (χ4v) is 3.22. The van der Waals surface area contributed by atoms with E-state index in [1.54, 1.807) is 23.5 Å². The first-order valence-corrected chi connectivity index (χ1v) is 8.44. The fraction of sp³-hybridized carbons (Fsp3) is 0.0667. The van der Waals surface area contributed by atoms with E-state index in [4.69, 9.17) is 0 Å². The molecule has 3 aromatic rings. The summed E-state index contributed by atoms with van der Waals surface area (Å²) in [6.45, 7) is 1.93. The van der Waals surface area contributed by atoms with Gasteiger partial charge in [-0.05, 0) is 30.5 Å². The van der Waals surface area contributed by atoms with Crippen LogP contribution >= 0.6 is 22.7 Å². The predicted octanol–water partition coefficient (Wildman–Crippen LogP) is 4.62. The zero-order valence-corrected chi connectivity index (χ0v) is 13.7. The summed E-state index contributed by atoms with van der Waals surface area (Å²) in [7, 11) is 0. The van der Waals surface area contributed by atoms with E-state index < -0.39 is 4.92 Å². The molecule has 0 saturated heterocycles. The molecular formula is C15H12N4O2S2. The highest BCUT2D eigenvalue weighted by molar-refractivity contribution is 7.14. The van der Waals surface area contributed by atoms with Crippen molar-refractivity contribution in [2.24, 2.45) is 5.10 Å². The number of hydrogen-bond donors (Lipinski definition) is 1. The Hall–Kier alpha value is -2.58. The van der Waals surface area contributed by atoms with Crippen LogP contribution in [-0.4, -0.2) is 15.6 Å². The van der Waals surface area contributed by atoms with Gasteiger partial charge in [0.1, 0.15) is 0 Å². The number of nitro groups is 1. The van der Waals surface area contributed by atoms with E-state index in [9.17, 15) is 10.1 Å². The van der Waals surface area contributed by atoms with E-state index >= 15 is 0 Å². The number of hydrazone groups is 1. The van der Waals surface area contributed by atoms with Crippen molar-refractivity contribution in [1.29, 1.82) is 0 Å². The van der Waals surface area contributed by atoms with E-state index in [1.807, 2.05) is 29.8 Å². The highest BCUT2D eigenvalue weighted by atomic mass is 32.1. The number of hydrogen-bond acceptors (Lipinski definition) is 7. The SMILES string of the molecule is C/C(=N/Nc1nc(-c2ccc([N+](=O)[O-])cc2)cs1)c1cccs1. The summed E-state index contributed by atoms with van der Waals surface area (Å²) in [5.74, 6) is 0. The number of benzene rings is 1. The van der Waals surface area contributed by atoms with E-state index in [0.29, 0.717) is 5.13 Å². The maximum absolute atomic E-state index is 10.7. The lowest BCUT2D eigenvalue weighted by Crippen LogP contribution is -1.96. The summed E-state index contributed by atoms with van der Waals surface area (Å²) in [5.41, 5.74) is 5.50. The summed E-state index contributed by atoms with van der Waals surface area (Å²) in [6, 6.07) is 10.3. The molecule has 8 heteroatoms. The average molecular weight is 344 g/mol. The molecule has 3 rings (SSSR count). The average Bonchev–Trinajstić information content (AvgIpc) is 3.24. The first kappa shape index (κ1) is 15.3. The molecular weight excluding hydrogens is 332 g/mol. The van der Waals surface area contributed by atoms with Crippen LogP contribution in [0.2, 0.25) is 0 Å². The van der Waals surface area contributed by atoms with Gasteiger partial charge in [-0.3, -0.25) is 15.5 Å². The second-order valence-corrected chi connectivity index (χ2v) is 6.43. The van der Waals surface area contributed by atoms with Gasteiger partial charge in [-0.2, -0.15) is 5.10 Å². The molecule has 1 N–H and O–H groups in total. The van der Waals surface area contributed by atoms with Crippen molar-refractivity contribution in [3.63, 3.8) is 0 Å². The maximum Gasteiger partial charge on any atom is 0.269 e. The molecule has 0 bridgehead atoms. The third-order valence-electron chi connectivity index (χ3n) is 3.08. The first-order valence-electron chi connectivity index (χ1n) is 6.68. The largest absolute Gasteiger partial charge is 0.269 e. The molecule has 0 radical (unpaired) electrons. The summed E-state index contributed by atoms with van der Waals surface area (Å²) < 4.78 is 0. The number of non-ortho nitro benzene ring substituents is 1. The van der Waals surface area contributed by atoms with Gasteiger partial charge in [0, 0.05) is 28.0 Å². The van der Waals surface area contributed by atoms with Crippen molar-refractivity contribution in [1.82, 2.24) is 4.98 Å². The number of thiazole rings is 1. The highest BCUT2D eigenvalue weighted by Gasteiger charge is 2.08. The predicted molar refractivity (Wildman–Crippen MR) is 94.4 cm³/mol. The van der Waals surface area contributed by atoms with Crippen molar-refractivity contribution in [2.75, 3.05) is 5.43 Å². The molecule has 116 valence electrons. The van der Waals surface area contributed by atoms with E-state index in [-0.39, 0.29) is 5.69 Å². The second kappa shape index (κ2) is 6.67. The summed E-state index contributed by atoms with van der Waals surface area (Å²) in [5, 5.41) is 19.6. The Labute approximate surface area is 140 Å². The minimum Gasteiger partial charge on any atom is -0.258 e. The number of aromatic nitrogens is 1. The normalized spacial score (nSPS) is 11.4. The lowest BCUT2D eigenvalue weighted by Gasteiger charge is -1.98. The Kier molecular flexibility index (Phi) is 4.45. The number of anilines is 1. The van der Waals surface area contributed by atoms with Gasteiger partial charge < -0.3 is 0 Å². The Balaban J connectivity index is 1.73. The van der Waals surface area contributed by atoms with Crippen LogP contribution in [-0.2, 0) is 0 Å². The van der Waals surface area contributed by atoms with Gasteiger partial charge in [-0.15, -0.1) is 22.7 Å². The molecule has 0 atom stereocenters. The zero-order chi connectivity index (χ0) is 16.2. The molecule has 6 nitrogen and oxygen atoms in total. The van der Waals surface area contributed by atoms with Gasteiger partial charge in [0.25, 0.3) is 5.69 Å². The summed E-state index contributed by atoms with van der Waals surface area (Å²) in [6.07, 6.45) is 0. The van der Waals surface area contributed by atoms with E-state index in [2.05, 4.69) is 15.5 Å². The Morgan fingerprint density at radius 2 is 2.04 bits per heavy atom. The number of nitrogens with zero attached hydrogens (tertiary/aromatic N) is 3. The van der Waals surface area contributed by atoms with Gasteiger partial charge >= 0.3 is 0 Å². The molecule has 0 unspecified atom stereocenters. The highest BCUT2D eigenvalue weighted by Crippen LogP contribution is 2.26. The monoisotopic (exact) mass is 344 g/mol. The standard InChI is InChI=1S/C15H12N4O2S2/c1-10(14-3-2-8-22-14)17-18-15-16-13(9-23-15)11-4-6-12(7-5-11)19(20)21/h2-9H,1H3,(H,16,18)/b17-10-. The van der Waals surface area contributed by atoms with Gasteiger partial charge in [-0.25, -0.2) is 4.98 Å². The molecule has 2 aromatic heterocycles. The molecule has 0 aliphatic heterocycles. The number of nitrogens with one attached hydrogen (secondary N) is 1. The minimum atomic E-state index is -0.417. The van der Waals surface area contributed by atoms with Crippen LogP contribution < -0.4 is 5.43 Å². The Bertz CT molecular complexity index is 839. The second-order valence-electron chi connectivity index (χ2n) is 4.63. The molecule has 0 fully saturated rings. The van der Waals surface area contributed by atoms with Crippen LogP contribution in [0, 0.1) is 10.1 Å².